The first-order valence-electron chi connectivity index (χ1n) is 8.43. The van der Waals surface area contributed by atoms with Gasteiger partial charge in [-0.2, -0.15) is 0 Å². The number of carbonyl (C=O) groups is 1. The SMILES string of the molecule is COc1cc(F)ccc1-c1ccnc(C(C)(Cc2ccncc2)C(N)=O)c1. The molecule has 2 N–H and O–H groups in total. The van der Waals surface area contributed by atoms with Gasteiger partial charge in [-0.1, -0.05) is 0 Å². The van der Waals surface area contributed by atoms with Crippen LogP contribution in [-0.2, 0) is 16.6 Å². The minimum Gasteiger partial charge on any atom is -0.496 e. The Morgan fingerprint density at radius 3 is 2.56 bits per heavy atom. The largest absolute Gasteiger partial charge is 0.496 e. The number of hydrogen-bond donors (Lipinski definition) is 1. The standard InChI is InChI=1S/C21H20FN3O2/c1-21(20(23)26,13-14-5-8-24-9-6-14)19-11-15(7-10-25-19)17-4-3-16(22)12-18(17)27-2/h3-12H,13H2,1-2H3,(H2,23,26). The number of halogens is 1. The summed E-state index contributed by atoms with van der Waals surface area (Å²) in [4.78, 5) is 20.7. The second kappa shape index (κ2) is 7.53. The highest BCUT2D eigenvalue weighted by atomic mass is 19.1. The highest BCUT2D eigenvalue weighted by Gasteiger charge is 2.35. The summed E-state index contributed by atoms with van der Waals surface area (Å²) in [6, 6.07) is 11.6. The van der Waals surface area contributed by atoms with Crippen LogP contribution in [0.4, 0.5) is 4.39 Å². The molecule has 0 saturated heterocycles. The number of primary amides is 1. The molecule has 1 atom stereocenters. The summed E-state index contributed by atoms with van der Waals surface area (Å²) in [6.45, 7) is 1.77. The highest BCUT2D eigenvalue weighted by molar-refractivity contribution is 5.86. The summed E-state index contributed by atoms with van der Waals surface area (Å²) in [7, 11) is 1.48. The lowest BCUT2D eigenvalue weighted by Crippen LogP contribution is -2.41. The molecule has 2 aromatic heterocycles. The third-order valence-corrected chi connectivity index (χ3v) is 4.65. The molecule has 0 spiro atoms. The van der Waals surface area contributed by atoms with E-state index in [1.165, 1.54) is 19.2 Å². The van der Waals surface area contributed by atoms with E-state index < -0.39 is 11.3 Å². The molecule has 2 heterocycles. The minimum absolute atomic E-state index is 0.385. The van der Waals surface area contributed by atoms with E-state index in [4.69, 9.17) is 10.5 Å². The predicted octanol–water partition coefficient (Wildman–Crippen LogP) is 3.28. The topological polar surface area (TPSA) is 78.1 Å². The van der Waals surface area contributed by atoms with E-state index in [0.29, 0.717) is 23.4 Å². The number of amides is 1. The Kier molecular flexibility index (Phi) is 5.16. The quantitative estimate of drug-likeness (QED) is 0.727. The molecule has 0 aliphatic heterocycles. The van der Waals surface area contributed by atoms with Gasteiger partial charge >= 0.3 is 0 Å². The lowest BCUT2D eigenvalue weighted by atomic mass is 9.79. The van der Waals surface area contributed by atoms with Gasteiger partial charge in [-0.3, -0.25) is 14.8 Å². The zero-order chi connectivity index (χ0) is 19.4. The molecular weight excluding hydrogens is 345 g/mol. The third kappa shape index (κ3) is 3.79. The van der Waals surface area contributed by atoms with Gasteiger partial charge in [-0.05, 0) is 60.9 Å². The van der Waals surface area contributed by atoms with Gasteiger partial charge in [0.15, 0.2) is 0 Å². The summed E-state index contributed by atoms with van der Waals surface area (Å²) in [5, 5.41) is 0. The van der Waals surface area contributed by atoms with E-state index in [1.54, 1.807) is 43.7 Å². The van der Waals surface area contributed by atoms with Crippen molar-refractivity contribution < 1.29 is 13.9 Å². The Balaban J connectivity index is 2.06. The van der Waals surface area contributed by atoms with E-state index in [2.05, 4.69) is 9.97 Å². The molecule has 1 aromatic carbocycles. The van der Waals surface area contributed by atoms with Crippen LogP contribution in [0.25, 0.3) is 11.1 Å². The van der Waals surface area contributed by atoms with Crippen LogP contribution in [0.15, 0.2) is 61.1 Å². The van der Waals surface area contributed by atoms with Crippen LogP contribution in [0.1, 0.15) is 18.2 Å². The third-order valence-electron chi connectivity index (χ3n) is 4.65. The Morgan fingerprint density at radius 1 is 1.15 bits per heavy atom. The molecule has 0 radical (unpaired) electrons. The van der Waals surface area contributed by atoms with Gasteiger partial charge in [0, 0.05) is 30.2 Å². The first-order chi connectivity index (χ1) is 12.9. The lowest BCUT2D eigenvalue weighted by Gasteiger charge is -2.26. The predicted molar refractivity (Wildman–Crippen MR) is 101 cm³/mol. The van der Waals surface area contributed by atoms with Crippen LogP contribution in [0.5, 0.6) is 5.75 Å². The molecule has 0 aliphatic carbocycles. The summed E-state index contributed by atoms with van der Waals surface area (Å²) in [5.74, 6) is -0.457. The molecule has 1 unspecified atom stereocenters. The minimum atomic E-state index is -1.01. The zero-order valence-corrected chi connectivity index (χ0v) is 15.1. The normalized spacial score (nSPS) is 13.0. The van der Waals surface area contributed by atoms with Crippen molar-refractivity contribution in [1.29, 1.82) is 0 Å². The number of carbonyl (C=O) groups excluding carboxylic acids is 1. The second-order valence-corrected chi connectivity index (χ2v) is 6.50. The molecule has 27 heavy (non-hydrogen) atoms. The number of rotatable bonds is 6. The van der Waals surface area contributed by atoms with Crippen molar-refractivity contribution in [3.63, 3.8) is 0 Å². The number of hydrogen-bond acceptors (Lipinski definition) is 4. The molecule has 0 saturated carbocycles. The van der Waals surface area contributed by atoms with Crippen LogP contribution in [0.2, 0.25) is 0 Å². The molecule has 0 aliphatic rings. The summed E-state index contributed by atoms with van der Waals surface area (Å²) < 4.78 is 18.8. The number of nitrogens with two attached hydrogens (primary N) is 1. The monoisotopic (exact) mass is 365 g/mol. The van der Waals surface area contributed by atoms with Crippen molar-refractivity contribution >= 4 is 5.91 Å². The molecule has 3 rings (SSSR count). The van der Waals surface area contributed by atoms with Crippen molar-refractivity contribution in [3.05, 3.63) is 78.1 Å². The molecule has 6 heteroatoms. The summed E-state index contributed by atoms with van der Waals surface area (Å²) in [6.07, 6.45) is 5.34. The van der Waals surface area contributed by atoms with E-state index in [9.17, 15) is 9.18 Å². The van der Waals surface area contributed by atoms with E-state index in [1.807, 2.05) is 12.1 Å². The molecular formula is C21H20FN3O2. The molecule has 0 bridgehead atoms. The van der Waals surface area contributed by atoms with Crippen molar-refractivity contribution in [3.8, 4) is 16.9 Å². The number of nitrogens with zero attached hydrogens (tertiary/aromatic N) is 2. The van der Waals surface area contributed by atoms with Gasteiger partial charge < -0.3 is 10.5 Å². The molecule has 0 fully saturated rings. The molecule has 138 valence electrons. The van der Waals surface area contributed by atoms with Crippen LogP contribution >= 0.6 is 0 Å². The second-order valence-electron chi connectivity index (χ2n) is 6.50. The Hall–Kier alpha value is -3.28. The molecule has 5 nitrogen and oxygen atoms in total. The van der Waals surface area contributed by atoms with E-state index >= 15 is 0 Å². The Bertz CT molecular complexity index is 963. The fraction of sp³-hybridized carbons (Fsp3) is 0.190. The van der Waals surface area contributed by atoms with Gasteiger partial charge in [0.05, 0.1) is 18.2 Å². The van der Waals surface area contributed by atoms with Crippen LogP contribution in [0.3, 0.4) is 0 Å². The van der Waals surface area contributed by atoms with Crippen molar-refractivity contribution in [2.24, 2.45) is 5.73 Å². The fourth-order valence-corrected chi connectivity index (χ4v) is 3.02. The maximum atomic E-state index is 13.5. The first kappa shape index (κ1) is 18.5. The number of pyridine rings is 2. The van der Waals surface area contributed by atoms with Crippen LogP contribution < -0.4 is 10.5 Å². The van der Waals surface area contributed by atoms with Crippen LogP contribution in [-0.4, -0.2) is 23.0 Å². The van der Waals surface area contributed by atoms with Crippen molar-refractivity contribution in [1.82, 2.24) is 9.97 Å². The molecule has 1 amide bonds. The summed E-state index contributed by atoms with van der Waals surface area (Å²) >= 11 is 0. The van der Waals surface area contributed by atoms with E-state index in [0.717, 1.165) is 11.1 Å². The smallest absolute Gasteiger partial charge is 0.229 e. The fourth-order valence-electron chi connectivity index (χ4n) is 3.02. The first-order valence-corrected chi connectivity index (χ1v) is 8.43. The number of methoxy groups -OCH3 is 1. The summed E-state index contributed by atoms with van der Waals surface area (Å²) in [5.41, 5.74) is 7.67. The van der Waals surface area contributed by atoms with Gasteiger partial charge in [-0.15, -0.1) is 0 Å². The zero-order valence-electron chi connectivity index (χ0n) is 15.1. The Morgan fingerprint density at radius 2 is 1.89 bits per heavy atom. The lowest BCUT2D eigenvalue weighted by molar-refractivity contribution is -0.123. The van der Waals surface area contributed by atoms with E-state index in [-0.39, 0.29) is 5.82 Å². The molecule has 3 aromatic rings. The highest BCUT2D eigenvalue weighted by Crippen LogP contribution is 2.34. The Labute approximate surface area is 157 Å². The number of aromatic nitrogens is 2. The number of ether oxygens (including phenoxy) is 1. The maximum absolute atomic E-state index is 13.5. The number of benzene rings is 1. The van der Waals surface area contributed by atoms with Crippen molar-refractivity contribution in [2.75, 3.05) is 7.11 Å². The van der Waals surface area contributed by atoms with Gasteiger partial charge in [0.2, 0.25) is 5.91 Å². The maximum Gasteiger partial charge on any atom is 0.229 e. The van der Waals surface area contributed by atoms with Crippen LogP contribution in [0, 0.1) is 5.82 Å². The average molecular weight is 365 g/mol. The van der Waals surface area contributed by atoms with Crippen molar-refractivity contribution in [2.45, 2.75) is 18.8 Å². The van der Waals surface area contributed by atoms with Gasteiger partial charge in [-0.25, -0.2) is 4.39 Å². The van der Waals surface area contributed by atoms with Gasteiger partial charge in [0.1, 0.15) is 11.6 Å². The average Bonchev–Trinajstić information content (AvgIpc) is 2.68. The van der Waals surface area contributed by atoms with Gasteiger partial charge in [0.25, 0.3) is 0 Å².